The summed E-state index contributed by atoms with van der Waals surface area (Å²) in [6.07, 6.45) is 0. The molecule has 0 aliphatic carbocycles. The van der Waals surface area contributed by atoms with E-state index in [1.165, 1.54) is 17.0 Å². The van der Waals surface area contributed by atoms with Crippen molar-refractivity contribution >= 4 is 5.91 Å². The first-order chi connectivity index (χ1) is 11.5. The van der Waals surface area contributed by atoms with Gasteiger partial charge in [0.2, 0.25) is 0 Å². The predicted molar refractivity (Wildman–Crippen MR) is 83.9 cm³/mol. The Bertz CT molecular complexity index is 743. The number of piperazine rings is 1. The summed E-state index contributed by atoms with van der Waals surface area (Å²) in [4.78, 5) is 15.9. The third-order valence-electron chi connectivity index (χ3n) is 4.17. The van der Waals surface area contributed by atoms with E-state index in [2.05, 4.69) is 0 Å². The number of benzene rings is 2. The second-order valence-corrected chi connectivity index (χ2v) is 5.78. The van der Waals surface area contributed by atoms with Crippen LogP contribution in [0.3, 0.4) is 0 Å². The van der Waals surface area contributed by atoms with Crippen LogP contribution in [0.5, 0.6) is 0 Å². The number of hydrogen-bond acceptors (Lipinski definition) is 2. The number of carbonyl (C=O) groups is 1. The highest BCUT2D eigenvalue weighted by atomic mass is 19.1. The van der Waals surface area contributed by atoms with Gasteiger partial charge < -0.3 is 4.90 Å². The number of amides is 1. The van der Waals surface area contributed by atoms with Crippen LogP contribution < -0.4 is 0 Å². The van der Waals surface area contributed by atoms with Crippen LogP contribution in [0, 0.1) is 17.5 Å². The molecule has 0 radical (unpaired) electrons. The maximum absolute atomic E-state index is 13.7. The van der Waals surface area contributed by atoms with Crippen LogP contribution in [0.2, 0.25) is 0 Å². The van der Waals surface area contributed by atoms with Crippen LogP contribution in [0.25, 0.3) is 0 Å². The van der Waals surface area contributed by atoms with Gasteiger partial charge in [-0.25, -0.2) is 13.2 Å². The molecule has 0 unspecified atom stereocenters. The van der Waals surface area contributed by atoms with E-state index in [4.69, 9.17) is 0 Å². The Balaban J connectivity index is 1.60. The first kappa shape index (κ1) is 16.5. The fourth-order valence-corrected chi connectivity index (χ4v) is 2.81. The molecule has 0 atom stereocenters. The lowest BCUT2D eigenvalue weighted by atomic mass is 10.1. The maximum atomic E-state index is 13.7. The summed E-state index contributed by atoms with van der Waals surface area (Å²) < 4.78 is 40.4. The Hall–Kier alpha value is -2.34. The second-order valence-electron chi connectivity index (χ2n) is 5.78. The van der Waals surface area contributed by atoms with Crippen LogP contribution in [-0.2, 0) is 6.54 Å². The largest absolute Gasteiger partial charge is 0.336 e. The number of rotatable bonds is 3. The molecule has 1 amide bonds. The van der Waals surface area contributed by atoms with Gasteiger partial charge in [0, 0.05) is 44.4 Å². The minimum atomic E-state index is -0.853. The molecule has 6 heteroatoms. The molecular formula is C18H17F3N2O. The van der Waals surface area contributed by atoms with Crippen molar-refractivity contribution in [1.82, 2.24) is 9.80 Å². The normalized spacial score (nSPS) is 15.5. The first-order valence-corrected chi connectivity index (χ1v) is 7.74. The highest BCUT2D eigenvalue weighted by Gasteiger charge is 2.24. The van der Waals surface area contributed by atoms with Crippen LogP contribution in [0.4, 0.5) is 13.2 Å². The Kier molecular flexibility index (Phi) is 4.85. The zero-order valence-electron chi connectivity index (χ0n) is 13.0. The van der Waals surface area contributed by atoms with Crippen molar-refractivity contribution < 1.29 is 18.0 Å². The molecule has 24 heavy (non-hydrogen) atoms. The summed E-state index contributed by atoms with van der Waals surface area (Å²) in [5.74, 6) is -2.25. The van der Waals surface area contributed by atoms with Gasteiger partial charge in [-0.2, -0.15) is 0 Å². The van der Waals surface area contributed by atoms with Crippen LogP contribution in [-0.4, -0.2) is 41.9 Å². The SMILES string of the molecule is O=C(c1ccc(F)cc1F)N1CCN(Cc2ccccc2F)CC1. The molecule has 0 spiro atoms. The van der Waals surface area contributed by atoms with Crippen LogP contribution >= 0.6 is 0 Å². The Labute approximate surface area is 138 Å². The smallest absolute Gasteiger partial charge is 0.256 e. The molecule has 0 bridgehead atoms. The summed E-state index contributed by atoms with van der Waals surface area (Å²) >= 11 is 0. The molecule has 1 aliphatic heterocycles. The molecule has 3 rings (SSSR count). The van der Waals surface area contributed by atoms with E-state index in [1.54, 1.807) is 18.2 Å². The summed E-state index contributed by atoms with van der Waals surface area (Å²) in [5, 5.41) is 0. The number of halogens is 3. The molecule has 1 aliphatic rings. The van der Waals surface area contributed by atoms with E-state index in [1.807, 2.05) is 4.90 Å². The van der Waals surface area contributed by atoms with Crippen molar-refractivity contribution in [2.45, 2.75) is 6.54 Å². The summed E-state index contributed by atoms with van der Waals surface area (Å²) in [5.41, 5.74) is 0.487. The Morgan fingerprint density at radius 3 is 2.29 bits per heavy atom. The minimum Gasteiger partial charge on any atom is -0.336 e. The average Bonchev–Trinajstić information content (AvgIpc) is 2.57. The van der Waals surface area contributed by atoms with Gasteiger partial charge in [-0.15, -0.1) is 0 Å². The second kappa shape index (κ2) is 7.05. The lowest BCUT2D eigenvalue weighted by Gasteiger charge is -2.34. The van der Waals surface area contributed by atoms with Gasteiger partial charge in [0.25, 0.3) is 5.91 Å². The summed E-state index contributed by atoms with van der Waals surface area (Å²) in [6, 6.07) is 9.54. The molecule has 0 saturated carbocycles. The van der Waals surface area contributed by atoms with E-state index in [9.17, 15) is 18.0 Å². The van der Waals surface area contributed by atoms with Gasteiger partial charge in [0.1, 0.15) is 17.5 Å². The third-order valence-corrected chi connectivity index (χ3v) is 4.17. The van der Waals surface area contributed by atoms with E-state index in [0.29, 0.717) is 44.4 Å². The number of hydrogen-bond donors (Lipinski definition) is 0. The lowest BCUT2D eigenvalue weighted by molar-refractivity contribution is 0.0622. The van der Waals surface area contributed by atoms with E-state index < -0.39 is 17.5 Å². The fraction of sp³-hybridized carbons (Fsp3) is 0.278. The number of nitrogens with zero attached hydrogens (tertiary/aromatic N) is 2. The molecule has 126 valence electrons. The quantitative estimate of drug-likeness (QED) is 0.861. The van der Waals surface area contributed by atoms with E-state index >= 15 is 0 Å². The Morgan fingerprint density at radius 1 is 0.917 bits per heavy atom. The zero-order valence-corrected chi connectivity index (χ0v) is 13.0. The maximum Gasteiger partial charge on any atom is 0.256 e. The third kappa shape index (κ3) is 3.59. The standard InChI is InChI=1S/C18H17F3N2O/c19-14-5-6-15(17(21)11-14)18(24)23-9-7-22(8-10-23)12-13-3-1-2-4-16(13)20/h1-6,11H,7-10,12H2. The van der Waals surface area contributed by atoms with E-state index in [0.717, 1.165) is 6.07 Å². The highest BCUT2D eigenvalue weighted by Crippen LogP contribution is 2.16. The molecule has 0 N–H and O–H groups in total. The molecule has 1 saturated heterocycles. The molecule has 0 aromatic heterocycles. The van der Waals surface area contributed by atoms with Crippen molar-refractivity contribution in [1.29, 1.82) is 0 Å². The van der Waals surface area contributed by atoms with Crippen molar-refractivity contribution in [3.63, 3.8) is 0 Å². The topological polar surface area (TPSA) is 23.6 Å². The van der Waals surface area contributed by atoms with Crippen molar-refractivity contribution in [2.75, 3.05) is 26.2 Å². The number of carbonyl (C=O) groups excluding carboxylic acids is 1. The van der Waals surface area contributed by atoms with Crippen molar-refractivity contribution in [2.24, 2.45) is 0 Å². The van der Waals surface area contributed by atoms with Gasteiger partial charge in [0.05, 0.1) is 5.56 Å². The summed E-state index contributed by atoms with van der Waals surface area (Å²) in [6.45, 7) is 2.46. The van der Waals surface area contributed by atoms with Gasteiger partial charge in [-0.05, 0) is 18.2 Å². The highest BCUT2D eigenvalue weighted by molar-refractivity contribution is 5.94. The van der Waals surface area contributed by atoms with Gasteiger partial charge in [0.15, 0.2) is 0 Å². The van der Waals surface area contributed by atoms with E-state index in [-0.39, 0.29) is 11.4 Å². The molecule has 1 fully saturated rings. The van der Waals surface area contributed by atoms with Gasteiger partial charge in [-0.3, -0.25) is 9.69 Å². The van der Waals surface area contributed by atoms with Crippen LogP contribution in [0.1, 0.15) is 15.9 Å². The lowest BCUT2D eigenvalue weighted by Crippen LogP contribution is -2.48. The molecule has 3 nitrogen and oxygen atoms in total. The monoisotopic (exact) mass is 334 g/mol. The van der Waals surface area contributed by atoms with Gasteiger partial charge in [-0.1, -0.05) is 18.2 Å². The fourth-order valence-electron chi connectivity index (χ4n) is 2.81. The van der Waals surface area contributed by atoms with Crippen LogP contribution in [0.15, 0.2) is 42.5 Å². The average molecular weight is 334 g/mol. The molecule has 1 heterocycles. The Morgan fingerprint density at radius 2 is 1.62 bits per heavy atom. The molecule has 2 aromatic rings. The minimum absolute atomic E-state index is 0.126. The predicted octanol–water partition coefficient (Wildman–Crippen LogP) is 3.06. The van der Waals surface area contributed by atoms with Crippen molar-refractivity contribution in [3.8, 4) is 0 Å². The molecule has 2 aromatic carbocycles. The summed E-state index contributed by atoms with van der Waals surface area (Å²) in [7, 11) is 0. The first-order valence-electron chi connectivity index (χ1n) is 7.74. The van der Waals surface area contributed by atoms with Gasteiger partial charge >= 0.3 is 0 Å². The molecular weight excluding hydrogens is 317 g/mol. The zero-order chi connectivity index (χ0) is 17.1. The van der Waals surface area contributed by atoms with Crippen molar-refractivity contribution in [3.05, 3.63) is 71.0 Å².